The van der Waals surface area contributed by atoms with Crippen molar-refractivity contribution in [1.82, 2.24) is 97.2 Å². The Labute approximate surface area is 771 Å². The van der Waals surface area contributed by atoms with Crippen LogP contribution in [0.1, 0.15) is 50.2 Å². The van der Waals surface area contributed by atoms with E-state index in [1.54, 1.807) is 33.5 Å². The summed E-state index contributed by atoms with van der Waals surface area (Å²) in [4.78, 5) is 145. The van der Waals surface area contributed by atoms with E-state index in [9.17, 15) is 58.7 Å². The number of hydrogen-bond donors (Lipinski definition) is 18. The van der Waals surface area contributed by atoms with E-state index in [0.717, 1.165) is 0 Å². The first-order valence-corrected chi connectivity index (χ1v) is 54.8. The number of nitrogen functional groups attached to an aromatic ring is 6. The Bertz CT molecular complexity index is 7050. The van der Waals surface area contributed by atoms with Crippen molar-refractivity contribution in [3.8, 4) is 0 Å². The summed E-state index contributed by atoms with van der Waals surface area (Å²) in [5.74, 6) is -0.563. The van der Waals surface area contributed by atoms with Gasteiger partial charge in [-0.1, -0.05) is 12.2 Å². The van der Waals surface area contributed by atoms with Gasteiger partial charge in [-0.05, 0) is 83.3 Å². The fourth-order valence-corrected chi connectivity index (χ4v) is 24.9. The summed E-state index contributed by atoms with van der Waals surface area (Å²) in [6.45, 7) is -27.5. The van der Waals surface area contributed by atoms with Gasteiger partial charge in [-0.15, -0.1) is 0 Å². The number of nitrogens with two attached hydrogens (primary N) is 6. The van der Waals surface area contributed by atoms with Crippen molar-refractivity contribution in [3.05, 3.63) is 112 Å². The number of aromatic amines is 3. The molecule has 56 nitrogen and oxygen atoms in total. The normalized spacial score (nSPS) is 36.9. The van der Waals surface area contributed by atoms with E-state index in [-0.39, 0.29) is 83.0 Å². The number of nitrogens with one attached hydrogen (secondary N) is 3. The van der Waals surface area contributed by atoms with Crippen molar-refractivity contribution < 1.29 is 131 Å². The molecule has 69 heteroatoms. The van der Waals surface area contributed by atoms with Gasteiger partial charge in [-0.2, -0.15) is 15.0 Å². The minimum Gasteiger partial charge on any atom is -0.398 e. The number of alkyl halides is 1. The molecule has 714 valence electrons. The Morgan fingerprint density at radius 1 is 0.383 bits per heavy atom. The second-order valence-electron chi connectivity index (χ2n) is 30.7. The SMILES string of the molecule is Nc1nc2c(ncn2[C@@H]2OC3COP(O)(=S)O[C@H]4[C@@H](O)[C@H](n5ccc6c(N)ccnc65)O[C@@H]4COP(O)(=S)O[C@@H]2C3)c(=O)[nH]1.Nc1nc2c(ncn2[C@@H]2O[C@@H]3COP(=O)(S)OC4[C@@H](COP(O)(=S)O[C@H]2C3O)O[C@@H](n2cnc3c(N)ccnc32)[C@H]4F)c(=O)[nH]1.Nc1nc2c(ncn2[C@@H]2O[C@@H]3COP(O)(=S)OC4C[C@H](n5cnc6c(N)ccnc65)O[C@@H]4COP(O)(=S)O[C@H]2C3O)c(=O)[nH]1. The summed E-state index contributed by atoms with van der Waals surface area (Å²) >= 11 is 30.4. The van der Waals surface area contributed by atoms with Crippen LogP contribution in [0.2, 0.25) is 0 Å². The quantitative estimate of drug-likeness (QED) is 0.0766. The van der Waals surface area contributed by atoms with E-state index in [2.05, 4.69) is 82.0 Å². The molecule has 0 spiro atoms. The van der Waals surface area contributed by atoms with Crippen LogP contribution >= 0.6 is 52.6 Å². The Morgan fingerprint density at radius 2 is 0.782 bits per heavy atom. The molecule has 11 unspecified atom stereocenters. The molecule has 0 radical (unpaired) electrons. The summed E-state index contributed by atoms with van der Waals surface area (Å²) in [5, 5.41) is 34.2. The van der Waals surface area contributed by atoms with E-state index < -0.39 is 219 Å². The average Bonchev–Trinajstić information content (AvgIpc) is 1.47. The molecule has 9 aliphatic heterocycles. The molecule has 28 atom stereocenters. The standard InChI is InChI=1S/C22H26N8O10P2S2.C21H24FN9O10P2S2.C21H25N9O10P2S2/c23-11-1-3-25-17-10(11)2-4-29(17)21-15(31)16-13(38-21)7-36-41(33,43)39-12-5-9(6-35-42(34,44)40-16)37-20(12)30-8-26-14-18(30)27-22(24)28-19(14)32;22-10-14-9(39-19(10)30-5-26-11-7(23)1-2-25-16(11)30)4-37-43(35,45)41-15-13(32)8(3-36-42(34,44)40-14)38-20(15)31-6-27-12-17(31)28-21(24)29-18(12)33;22-8-1-2-24-17-13(8)25-6-29(17)12-3-9-10(37-12)4-35-42(34,44)40-16-15(31)11(5-36-41(33,43)39-9)38-20(16)30-7-26-14-18(30)27-21(23)28-19(14)32/h1-4,8-9,12-13,15-16,20-21,31H,5-7H2,(H2,23,25)(H,33,43)(H,34,44)(H3,24,27,28,32);1-2,5-6,8-10,13-15,19-20,32H,3-4H2,(H2,23,25)(H,34,44)(H,35,45)(H3,24,28,29,33);1-2,6-7,9-12,15-16,20,31H,3-5H2,(H2,22,24)(H,33,43)(H,34,44)(H3,23,27,28,32)/t9?,12-,13-,15-,16-,20-,21-,41?,42?;8-,9-,10+,13?,14?,15+,19-,20-,42?,43?;9?,10-,11-,12-,15?,16+,20-,41?,42?/m111/s1. The van der Waals surface area contributed by atoms with Crippen molar-refractivity contribution in [2.24, 2.45) is 0 Å². The summed E-state index contributed by atoms with van der Waals surface area (Å²) < 4.78 is 142. The van der Waals surface area contributed by atoms with E-state index in [1.165, 1.54) is 74.6 Å². The highest BCUT2D eigenvalue weighted by Gasteiger charge is 2.57. The molecule has 12 aromatic rings. The largest absolute Gasteiger partial charge is 0.398 e. The molecule has 0 saturated carbocycles. The molecule has 12 aromatic heterocycles. The number of anilines is 6. The third-order valence-corrected chi connectivity index (χ3v) is 31.7. The number of fused-ring (bicyclic) bond motifs is 15. The van der Waals surface area contributed by atoms with Gasteiger partial charge in [0.2, 0.25) is 17.8 Å². The number of H-pyrrole nitrogens is 3. The third-order valence-electron chi connectivity index (χ3n) is 22.2. The first-order chi connectivity index (χ1) is 63.1. The molecule has 23 N–H and O–H groups in total. The van der Waals surface area contributed by atoms with Crippen molar-refractivity contribution in [2.75, 3.05) is 74.0 Å². The molecule has 21 rings (SSSR count). The second kappa shape index (κ2) is 36.4. The van der Waals surface area contributed by atoms with E-state index in [4.69, 9.17) is 176 Å². The summed E-state index contributed by atoms with van der Waals surface area (Å²) in [5.41, 5.74) is 36.4. The smallest absolute Gasteiger partial charge is 0.386 e. The summed E-state index contributed by atoms with van der Waals surface area (Å²) in [7, 11) is 0. The number of thiol groups is 1. The number of nitrogens with zero attached hydrogens (tertiary/aromatic N) is 17. The lowest BCUT2D eigenvalue weighted by Crippen LogP contribution is -2.36. The molecule has 0 aromatic carbocycles. The zero-order valence-electron chi connectivity index (χ0n) is 67.0. The highest BCUT2D eigenvalue weighted by molar-refractivity contribution is 8.44. The lowest BCUT2D eigenvalue weighted by Gasteiger charge is -2.28. The van der Waals surface area contributed by atoms with Gasteiger partial charge >= 0.3 is 40.4 Å². The number of aliphatic hydroxyl groups is 3. The lowest BCUT2D eigenvalue weighted by atomic mass is 10.1. The number of aliphatic hydroxyl groups excluding tert-OH is 3. The van der Waals surface area contributed by atoms with Gasteiger partial charge in [-0.3, -0.25) is 74.8 Å². The number of imidazole rings is 5. The number of pyridine rings is 3. The molecule has 0 aliphatic carbocycles. The predicted octanol–water partition coefficient (Wildman–Crippen LogP) is -0.0494. The highest BCUT2D eigenvalue weighted by Crippen LogP contribution is 2.61. The maximum absolute atomic E-state index is 16.0. The predicted molar refractivity (Wildman–Crippen MR) is 475 cm³/mol. The van der Waals surface area contributed by atoms with Crippen molar-refractivity contribution in [3.63, 3.8) is 0 Å². The highest BCUT2D eigenvalue weighted by atomic mass is 32.7. The van der Waals surface area contributed by atoms with Gasteiger partial charge in [0.25, 0.3) is 16.7 Å². The summed E-state index contributed by atoms with van der Waals surface area (Å²) in [6, 6.07) is 6.50. The first-order valence-electron chi connectivity index (χ1n) is 39.2. The maximum Gasteiger partial charge on any atom is 0.386 e. The monoisotopic (exact) mass is 2080 g/mol. The van der Waals surface area contributed by atoms with Crippen LogP contribution in [0.5, 0.6) is 0 Å². The van der Waals surface area contributed by atoms with Gasteiger partial charge in [0.15, 0.2) is 82.1 Å². The molecule has 9 saturated heterocycles. The van der Waals surface area contributed by atoms with E-state index >= 15 is 4.39 Å². The van der Waals surface area contributed by atoms with Gasteiger partial charge in [-0.25, -0.2) is 48.8 Å². The van der Waals surface area contributed by atoms with E-state index in [0.29, 0.717) is 44.8 Å². The number of halogens is 1. The Kier molecular flexibility index (Phi) is 25.8. The second-order valence-corrected chi connectivity index (χ2v) is 47.5. The topological polar surface area (TPSA) is 771 Å². The zero-order chi connectivity index (χ0) is 93.8. The minimum absolute atomic E-state index is 0.000451. The lowest BCUT2D eigenvalue weighted by molar-refractivity contribution is -0.0602. The molecule has 0 amide bonds. The molecule has 9 aliphatic rings. The maximum atomic E-state index is 16.0. The third kappa shape index (κ3) is 18.9. The van der Waals surface area contributed by atoms with Crippen molar-refractivity contribution in [2.45, 2.75) is 148 Å². The van der Waals surface area contributed by atoms with Crippen LogP contribution in [0.15, 0.2) is 95.1 Å². The van der Waals surface area contributed by atoms with Gasteiger partial charge in [0, 0.05) is 48.7 Å². The van der Waals surface area contributed by atoms with Crippen LogP contribution in [0, 0.1) is 0 Å². The fourth-order valence-electron chi connectivity index (χ4n) is 16.2. The number of ether oxygens (including phenoxy) is 6. The van der Waals surface area contributed by atoms with Gasteiger partial charge in [0.1, 0.15) is 102 Å². The zero-order valence-corrected chi connectivity index (χ0v) is 77.4. The average molecular weight is 2090 g/mol. The number of rotatable bonds is 6. The molecular formula is C64H75FN26O30P6S6. The van der Waals surface area contributed by atoms with Crippen LogP contribution in [0.25, 0.3) is 66.9 Å². The van der Waals surface area contributed by atoms with E-state index in [1.807, 2.05) is 0 Å². The minimum atomic E-state index is -4.39. The van der Waals surface area contributed by atoms with Crippen LogP contribution in [-0.4, -0.2) is 274 Å². The Balaban J connectivity index is 0.000000129. The molecule has 21 heterocycles. The number of aromatic nitrogens is 20. The van der Waals surface area contributed by atoms with Crippen molar-refractivity contribution >= 4 is 213 Å². The van der Waals surface area contributed by atoms with Gasteiger partial charge in [0.05, 0.1) is 94.9 Å². The van der Waals surface area contributed by atoms with Crippen LogP contribution in [-0.2, 0) is 146 Å². The van der Waals surface area contributed by atoms with Crippen LogP contribution in [0.4, 0.5) is 39.3 Å². The van der Waals surface area contributed by atoms with Crippen LogP contribution < -0.4 is 51.1 Å². The van der Waals surface area contributed by atoms with Crippen LogP contribution in [0.3, 0.4) is 0 Å². The van der Waals surface area contributed by atoms with Gasteiger partial charge < -0.3 is 139 Å². The molecule has 9 fully saturated rings. The molecule has 6 bridgehead atoms. The first kappa shape index (κ1) is 94.5. The summed E-state index contributed by atoms with van der Waals surface area (Å²) in [6.07, 6.45) is -14.5. The molecule has 133 heavy (non-hydrogen) atoms. The Hall–Kier alpha value is -7.50. The fraction of sp³-hybridized carbons (Fsp3) is 0.469. The molecular weight excluding hydrogens is 2010 g/mol. The van der Waals surface area contributed by atoms with Crippen molar-refractivity contribution in [1.29, 1.82) is 0 Å². The Morgan fingerprint density at radius 3 is 1.31 bits per heavy atom. The number of hydrogen-bond acceptors (Lipinski definition) is 47.